The van der Waals surface area contributed by atoms with Crippen molar-refractivity contribution >= 4 is 0 Å². The minimum absolute atomic E-state index is 0.0662. The van der Waals surface area contributed by atoms with Gasteiger partial charge < -0.3 is 9.47 Å². The number of hydrogen-bond donors (Lipinski definition) is 0. The fourth-order valence-electron chi connectivity index (χ4n) is 3.65. The van der Waals surface area contributed by atoms with Crippen molar-refractivity contribution in [2.75, 3.05) is 20.8 Å². The average molecular weight is 361 g/mol. The lowest BCUT2D eigenvalue weighted by Crippen LogP contribution is -2.35. The molecule has 1 aliphatic rings. The second kappa shape index (κ2) is 7.76. The molecule has 0 amide bonds. The Hall–Kier alpha value is -2.92. The molecule has 0 bridgehead atoms. The van der Waals surface area contributed by atoms with Crippen molar-refractivity contribution in [3.05, 3.63) is 83.2 Å². The van der Waals surface area contributed by atoms with Crippen LogP contribution >= 0.6 is 0 Å². The van der Waals surface area contributed by atoms with Crippen LogP contribution in [0.15, 0.2) is 60.7 Å². The molecule has 5 nitrogen and oxygen atoms in total. The summed E-state index contributed by atoms with van der Waals surface area (Å²) in [6.07, 6.45) is 1.01. The SMILES string of the molecule is COc1cc(OC)nc(C(c2ccccc2)N2CCc3ccccc3C2)n1. The molecular formula is C22H23N3O2. The third kappa shape index (κ3) is 3.64. The van der Waals surface area contributed by atoms with Gasteiger partial charge in [0.25, 0.3) is 0 Å². The summed E-state index contributed by atoms with van der Waals surface area (Å²) in [5.41, 5.74) is 3.94. The van der Waals surface area contributed by atoms with Crippen LogP contribution in [0.1, 0.15) is 28.6 Å². The first-order valence-corrected chi connectivity index (χ1v) is 9.11. The van der Waals surface area contributed by atoms with Crippen molar-refractivity contribution in [1.82, 2.24) is 14.9 Å². The third-order valence-corrected chi connectivity index (χ3v) is 5.00. The van der Waals surface area contributed by atoms with Gasteiger partial charge in [-0.15, -0.1) is 0 Å². The molecule has 2 aromatic carbocycles. The highest BCUT2D eigenvalue weighted by Crippen LogP contribution is 2.33. The molecule has 0 aliphatic carbocycles. The predicted octanol–water partition coefficient (Wildman–Crippen LogP) is 3.64. The number of hydrogen-bond acceptors (Lipinski definition) is 5. The lowest BCUT2D eigenvalue weighted by molar-refractivity contribution is 0.197. The van der Waals surface area contributed by atoms with Crippen molar-refractivity contribution < 1.29 is 9.47 Å². The van der Waals surface area contributed by atoms with E-state index < -0.39 is 0 Å². The number of benzene rings is 2. The number of methoxy groups -OCH3 is 2. The molecule has 1 unspecified atom stereocenters. The molecule has 0 saturated carbocycles. The quantitative estimate of drug-likeness (QED) is 0.694. The number of aromatic nitrogens is 2. The molecule has 4 rings (SSSR count). The van der Waals surface area contributed by atoms with Gasteiger partial charge in [0.05, 0.1) is 26.3 Å². The van der Waals surface area contributed by atoms with Crippen molar-refractivity contribution in [1.29, 1.82) is 0 Å². The molecule has 2 heterocycles. The number of fused-ring (bicyclic) bond motifs is 1. The fourth-order valence-corrected chi connectivity index (χ4v) is 3.65. The molecule has 0 radical (unpaired) electrons. The van der Waals surface area contributed by atoms with Gasteiger partial charge in [0.1, 0.15) is 0 Å². The van der Waals surface area contributed by atoms with Gasteiger partial charge >= 0.3 is 0 Å². The minimum atomic E-state index is -0.0662. The van der Waals surface area contributed by atoms with E-state index in [4.69, 9.17) is 9.47 Å². The second-order valence-corrected chi connectivity index (χ2v) is 6.61. The average Bonchev–Trinajstić information content (AvgIpc) is 2.74. The number of rotatable bonds is 5. The molecule has 0 saturated heterocycles. The maximum atomic E-state index is 5.38. The first kappa shape index (κ1) is 17.5. The van der Waals surface area contributed by atoms with Crippen molar-refractivity contribution in [3.8, 4) is 11.8 Å². The summed E-state index contributed by atoms with van der Waals surface area (Å²) in [6, 6.07) is 20.7. The van der Waals surface area contributed by atoms with E-state index in [9.17, 15) is 0 Å². The zero-order valence-corrected chi connectivity index (χ0v) is 15.6. The Morgan fingerprint density at radius 1 is 0.852 bits per heavy atom. The van der Waals surface area contributed by atoms with E-state index in [1.165, 1.54) is 11.1 Å². The van der Waals surface area contributed by atoms with Crippen LogP contribution in [-0.4, -0.2) is 35.6 Å². The van der Waals surface area contributed by atoms with Crippen molar-refractivity contribution in [3.63, 3.8) is 0 Å². The number of ether oxygens (including phenoxy) is 2. The molecule has 1 aliphatic heterocycles. The van der Waals surface area contributed by atoms with Crippen molar-refractivity contribution in [2.45, 2.75) is 19.0 Å². The molecule has 1 aromatic heterocycles. The van der Waals surface area contributed by atoms with Gasteiger partial charge in [0.2, 0.25) is 11.8 Å². The third-order valence-electron chi connectivity index (χ3n) is 5.00. The Kier molecular flexibility index (Phi) is 5.03. The van der Waals surface area contributed by atoms with Crippen LogP contribution in [0.4, 0.5) is 0 Å². The predicted molar refractivity (Wildman–Crippen MR) is 104 cm³/mol. The molecule has 0 spiro atoms. The Bertz CT molecular complexity index is 892. The van der Waals surface area contributed by atoms with E-state index in [0.717, 1.165) is 25.1 Å². The van der Waals surface area contributed by atoms with Gasteiger partial charge in [-0.05, 0) is 23.1 Å². The van der Waals surface area contributed by atoms with E-state index in [2.05, 4.69) is 63.4 Å². The van der Waals surface area contributed by atoms with Gasteiger partial charge in [-0.3, -0.25) is 4.90 Å². The summed E-state index contributed by atoms with van der Waals surface area (Å²) in [5, 5.41) is 0. The maximum absolute atomic E-state index is 5.38. The largest absolute Gasteiger partial charge is 0.481 e. The van der Waals surface area contributed by atoms with Crippen LogP contribution in [-0.2, 0) is 13.0 Å². The highest BCUT2D eigenvalue weighted by molar-refractivity contribution is 5.33. The lowest BCUT2D eigenvalue weighted by Gasteiger charge is -2.35. The standard InChI is InChI=1S/C22H23N3O2/c1-26-19-14-20(27-2)24-22(23-19)21(17-9-4-3-5-10-17)25-13-12-16-8-6-7-11-18(16)15-25/h3-11,14,21H,12-13,15H2,1-2H3. The summed E-state index contributed by atoms with van der Waals surface area (Å²) in [7, 11) is 3.22. The molecule has 0 fully saturated rings. The van der Waals surface area contributed by atoms with Crippen LogP contribution < -0.4 is 9.47 Å². The lowest BCUT2D eigenvalue weighted by atomic mass is 9.96. The van der Waals surface area contributed by atoms with E-state index in [1.807, 2.05) is 6.07 Å². The number of nitrogens with zero attached hydrogens (tertiary/aromatic N) is 3. The summed E-state index contributed by atoms with van der Waals surface area (Å²) in [5.74, 6) is 1.71. The van der Waals surface area contributed by atoms with Crippen LogP contribution in [0.2, 0.25) is 0 Å². The zero-order chi connectivity index (χ0) is 18.6. The molecular weight excluding hydrogens is 338 g/mol. The Labute approximate surface area is 159 Å². The van der Waals surface area contributed by atoms with Crippen LogP contribution in [0.5, 0.6) is 11.8 Å². The molecule has 138 valence electrons. The van der Waals surface area contributed by atoms with E-state index in [0.29, 0.717) is 17.6 Å². The summed E-state index contributed by atoms with van der Waals surface area (Å²) in [4.78, 5) is 11.7. The first-order chi connectivity index (χ1) is 13.3. The van der Waals surface area contributed by atoms with Gasteiger partial charge in [0, 0.05) is 13.1 Å². The Balaban J connectivity index is 1.77. The molecule has 3 aromatic rings. The zero-order valence-electron chi connectivity index (χ0n) is 15.6. The first-order valence-electron chi connectivity index (χ1n) is 9.11. The van der Waals surface area contributed by atoms with Crippen LogP contribution in [0, 0.1) is 0 Å². The van der Waals surface area contributed by atoms with Gasteiger partial charge in [-0.2, -0.15) is 9.97 Å². The van der Waals surface area contributed by atoms with Crippen molar-refractivity contribution in [2.24, 2.45) is 0 Å². The maximum Gasteiger partial charge on any atom is 0.220 e. The minimum Gasteiger partial charge on any atom is -0.481 e. The van der Waals surface area contributed by atoms with Crippen LogP contribution in [0.3, 0.4) is 0 Å². The summed E-state index contributed by atoms with van der Waals surface area (Å²) >= 11 is 0. The normalized spacial score (nSPS) is 15.0. The Morgan fingerprint density at radius 3 is 2.15 bits per heavy atom. The summed E-state index contributed by atoms with van der Waals surface area (Å²) < 4.78 is 10.8. The summed E-state index contributed by atoms with van der Waals surface area (Å²) in [6.45, 7) is 1.80. The monoisotopic (exact) mass is 361 g/mol. The topological polar surface area (TPSA) is 47.5 Å². The van der Waals surface area contributed by atoms with E-state index in [1.54, 1.807) is 20.3 Å². The van der Waals surface area contributed by atoms with Gasteiger partial charge in [0.15, 0.2) is 5.82 Å². The van der Waals surface area contributed by atoms with Gasteiger partial charge in [-0.25, -0.2) is 0 Å². The molecule has 27 heavy (non-hydrogen) atoms. The van der Waals surface area contributed by atoms with Crippen LogP contribution in [0.25, 0.3) is 0 Å². The highest BCUT2D eigenvalue weighted by atomic mass is 16.5. The fraction of sp³-hybridized carbons (Fsp3) is 0.273. The second-order valence-electron chi connectivity index (χ2n) is 6.61. The van der Waals surface area contributed by atoms with Gasteiger partial charge in [-0.1, -0.05) is 54.6 Å². The highest BCUT2D eigenvalue weighted by Gasteiger charge is 2.29. The Morgan fingerprint density at radius 2 is 1.48 bits per heavy atom. The molecule has 0 N–H and O–H groups in total. The smallest absolute Gasteiger partial charge is 0.220 e. The van der Waals surface area contributed by atoms with E-state index in [-0.39, 0.29) is 6.04 Å². The molecule has 1 atom stereocenters. The molecule has 5 heteroatoms. The van der Waals surface area contributed by atoms with E-state index >= 15 is 0 Å².